The van der Waals surface area contributed by atoms with Crippen LogP contribution < -0.4 is 5.32 Å². The summed E-state index contributed by atoms with van der Waals surface area (Å²) < 4.78 is 25.0. The molecule has 1 rings (SSSR count). The van der Waals surface area contributed by atoms with Gasteiger partial charge in [-0.25, -0.2) is 9.98 Å². The van der Waals surface area contributed by atoms with Gasteiger partial charge in [0.2, 0.25) is 0 Å². The highest BCUT2D eigenvalue weighted by molar-refractivity contribution is 7.53. The van der Waals surface area contributed by atoms with Crippen LogP contribution in [0.25, 0.3) is 0 Å². The predicted molar refractivity (Wildman–Crippen MR) is 107 cm³/mol. The molecular weight excluding hydrogens is 383 g/mol. The van der Waals surface area contributed by atoms with Crippen LogP contribution in [0.1, 0.15) is 30.8 Å². The molecule has 0 aliphatic heterocycles. The van der Waals surface area contributed by atoms with Gasteiger partial charge in [0.05, 0.1) is 31.8 Å². The summed E-state index contributed by atoms with van der Waals surface area (Å²) in [5.41, 5.74) is 0.207. The minimum Gasteiger partial charge on any atom is -0.354 e. The predicted octanol–water partition coefficient (Wildman–Crippen LogP) is 2.06. The van der Waals surface area contributed by atoms with E-state index in [1.54, 1.807) is 18.4 Å². The van der Waals surface area contributed by atoms with Gasteiger partial charge in [0.1, 0.15) is 0 Å². The summed E-state index contributed by atoms with van der Waals surface area (Å²) in [6, 6.07) is 2.12. The number of hydrogen-bond donors (Lipinski definition) is 1. The Balaban J connectivity index is 2.81. The fourth-order valence-electron chi connectivity index (χ4n) is 2.60. The fourth-order valence-corrected chi connectivity index (χ4v) is 4.25. The Bertz CT molecular complexity index is 720. The highest BCUT2D eigenvalue weighted by atomic mass is 31.2. The van der Waals surface area contributed by atoms with Gasteiger partial charge >= 0.3 is 7.60 Å². The molecular formula is C17H29N6O4P. The maximum absolute atomic E-state index is 12.7. The van der Waals surface area contributed by atoms with Gasteiger partial charge in [0.15, 0.2) is 11.5 Å². The number of nitrogens with zero attached hydrogens (tertiary/aromatic N) is 5. The Morgan fingerprint density at radius 3 is 2.61 bits per heavy atom. The first-order valence-corrected chi connectivity index (χ1v) is 10.9. The van der Waals surface area contributed by atoms with E-state index in [1.807, 2.05) is 4.90 Å². The van der Waals surface area contributed by atoms with Crippen LogP contribution in [0.5, 0.6) is 0 Å². The second kappa shape index (κ2) is 12.4. The molecule has 1 amide bonds. The third kappa shape index (κ3) is 7.17. The Kier molecular flexibility index (Phi) is 10.6. The summed E-state index contributed by atoms with van der Waals surface area (Å²) in [6.07, 6.45) is 2.11. The summed E-state index contributed by atoms with van der Waals surface area (Å²) in [7, 11) is -1.63. The number of rotatable bonds is 14. The summed E-state index contributed by atoms with van der Waals surface area (Å²) >= 11 is 0. The smallest absolute Gasteiger partial charge is 0.331 e. The molecule has 0 aromatic carbocycles. The number of carbonyl (C=O) groups excluding carboxylic acids is 1. The van der Waals surface area contributed by atoms with Crippen molar-refractivity contribution in [3.63, 3.8) is 0 Å². The Labute approximate surface area is 166 Å². The molecule has 0 atom stereocenters. The third-order valence-corrected chi connectivity index (χ3v) is 5.99. The number of imidazole rings is 1. The minimum absolute atomic E-state index is 0.207. The van der Waals surface area contributed by atoms with Crippen LogP contribution in [0.4, 0.5) is 5.82 Å². The van der Waals surface area contributed by atoms with E-state index in [0.717, 1.165) is 0 Å². The molecule has 0 bridgehead atoms. The molecule has 1 heterocycles. The number of aromatic nitrogens is 2. The number of hydrogen-bond acceptors (Lipinski definition) is 8. The van der Waals surface area contributed by atoms with Crippen LogP contribution in [-0.4, -0.2) is 73.1 Å². The molecule has 0 aliphatic carbocycles. The van der Waals surface area contributed by atoms with Crippen molar-refractivity contribution in [3.05, 3.63) is 12.0 Å². The largest absolute Gasteiger partial charge is 0.354 e. The average molecular weight is 412 g/mol. The minimum atomic E-state index is -3.15. The van der Waals surface area contributed by atoms with Gasteiger partial charge in [-0.2, -0.15) is 5.26 Å². The molecule has 10 nitrogen and oxygen atoms in total. The lowest BCUT2D eigenvalue weighted by Crippen LogP contribution is -2.31. The van der Waals surface area contributed by atoms with Gasteiger partial charge < -0.3 is 18.9 Å². The zero-order valence-electron chi connectivity index (χ0n) is 16.8. The maximum atomic E-state index is 12.7. The molecule has 1 aromatic rings. The van der Waals surface area contributed by atoms with E-state index in [9.17, 15) is 9.36 Å². The lowest BCUT2D eigenvalue weighted by molar-refractivity contribution is 0.0959. The van der Waals surface area contributed by atoms with Crippen molar-refractivity contribution < 1.29 is 18.4 Å². The fraction of sp³-hybridized carbons (Fsp3) is 0.647. The van der Waals surface area contributed by atoms with E-state index in [0.29, 0.717) is 51.6 Å². The maximum Gasteiger partial charge on any atom is 0.331 e. The van der Waals surface area contributed by atoms with Crippen LogP contribution >= 0.6 is 7.60 Å². The second-order valence-corrected chi connectivity index (χ2v) is 7.95. The second-order valence-electron chi connectivity index (χ2n) is 5.77. The van der Waals surface area contributed by atoms with E-state index in [2.05, 4.69) is 28.1 Å². The van der Waals surface area contributed by atoms with Crippen molar-refractivity contribution in [2.75, 3.05) is 46.1 Å². The van der Waals surface area contributed by atoms with Gasteiger partial charge in [0, 0.05) is 39.6 Å². The molecule has 0 spiro atoms. The quantitative estimate of drug-likeness (QED) is 0.366. The molecule has 1 N–H and O–H groups in total. The average Bonchev–Trinajstić information content (AvgIpc) is 3.10. The lowest BCUT2D eigenvalue weighted by atomic mass is 10.3. The number of nitriles is 1. The monoisotopic (exact) mass is 412 g/mol. The lowest BCUT2D eigenvalue weighted by Gasteiger charge is -2.24. The molecule has 28 heavy (non-hydrogen) atoms. The van der Waals surface area contributed by atoms with Crippen LogP contribution in [0.15, 0.2) is 11.3 Å². The highest BCUT2D eigenvalue weighted by Crippen LogP contribution is 2.47. The van der Waals surface area contributed by atoms with Gasteiger partial charge in [-0.1, -0.05) is 0 Å². The topological polar surface area (TPSA) is 122 Å². The first kappa shape index (κ1) is 24.0. The summed E-state index contributed by atoms with van der Waals surface area (Å²) in [5, 5.41) is 11.4. The zero-order valence-corrected chi connectivity index (χ0v) is 17.7. The number of amides is 1. The first-order chi connectivity index (χ1) is 13.4. The van der Waals surface area contributed by atoms with Crippen LogP contribution in [-0.2, 0) is 20.2 Å². The number of aliphatic imine (C=N–C) groups is 1. The van der Waals surface area contributed by atoms with Crippen LogP contribution in [0, 0.1) is 11.3 Å². The zero-order chi connectivity index (χ0) is 21.0. The van der Waals surface area contributed by atoms with E-state index >= 15 is 0 Å². The molecule has 11 heteroatoms. The van der Waals surface area contributed by atoms with E-state index < -0.39 is 7.60 Å². The van der Waals surface area contributed by atoms with Gasteiger partial charge in [-0.05, 0) is 20.6 Å². The summed E-state index contributed by atoms with van der Waals surface area (Å²) in [5.74, 6) is 0.0470. The van der Waals surface area contributed by atoms with Crippen molar-refractivity contribution in [2.45, 2.75) is 26.8 Å². The molecule has 0 fully saturated rings. The first-order valence-electron chi connectivity index (χ1n) is 9.16. The number of carbonyl (C=O) groups is 1. The molecule has 156 valence electrons. The van der Waals surface area contributed by atoms with Gasteiger partial charge in [0.25, 0.3) is 5.91 Å². The van der Waals surface area contributed by atoms with Crippen molar-refractivity contribution in [3.8, 4) is 6.07 Å². The van der Waals surface area contributed by atoms with E-state index in [4.69, 9.17) is 14.3 Å². The normalized spacial score (nSPS) is 11.4. The SMILES string of the molecule is C=Nc1c(C(=O)NC)ncn1CCN(CCC#N)CCP(=O)(OCC)OCC. The van der Waals surface area contributed by atoms with Crippen molar-refractivity contribution in [1.29, 1.82) is 5.26 Å². The molecule has 0 unspecified atom stereocenters. The van der Waals surface area contributed by atoms with Crippen molar-refractivity contribution in [2.24, 2.45) is 4.99 Å². The molecule has 1 aromatic heterocycles. The van der Waals surface area contributed by atoms with E-state index in [-0.39, 0.29) is 17.8 Å². The standard InChI is InChI=1S/C17H29N6O4P/c1-5-26-28(25,27-6-2)13-12-22(9-7-8-18)10-11-23-14-21-15(16(23)19-3)17(24)20-4/h14H,3,5-7,9-13H2,1-2,4H3,(H,20,24). The number of nitrogens with one attached hydrogen (secondary N) is 1. The molecule has 0 saturated heterocycles. The summed E-state index contributed by atoms with van der Waals surface area (Å²) in [4.78, 5) is 21.8. The van der Waals surface area contributed by atoms with Crippen LogP contribution in [0.3, 0.4) is 0 Å². The van der Waals surface area contributed by atoms with Crippen LogP contribution in [0.2, 0.25) is 0 Å². The molecule has 0 radical (unpaired) electrons. The van der Waals surface area contributed by atoms with Crippen molar-refractivity contribution in [1.82, 2.24) is 19.8 Å². The van der Waals surface area contributed by atoms with Gasteiger partial charge in [-0.3, -0.25) is 14.3 Å². The Morgan fingerprint density at radius 1 is 1.39 bits per heavy atom. The summed E-state index contributed by atoms with van der Waals surface area (Å²) in [6.45, 7) is 9.66. The third-order valence-electron chi connectivity index (χ3n) is 3.94. The van der Waals surface area contributed by atoms with Crippen molar-refractivity contribution >= 4 is 26.0 Å². The Hall–Kier alpha value is -2.05. The molecule has 0 saturated carbocycles. The molecule has 0 aliphatic rings. The van der Waals surface area contributed by atoms with Gasteiger partial charge in [-0.15, -0.1) is 0 Å². The Morgan fingerprint density at radius 2 is 2.07 bits per heavy atom. The van der Waals surface area contributed by atoms with E-state index in [1.165, 1.54) is 13.4 Å². The highest BCUT2D eigenvalue weighted by Gasteiger charge is 2.24.